The van der Waals surface area contributed by atoms with E-state index >= 15 is 0 Å². The van der Waals surface area contributed by atoms with Crippen LogP contribution in [-0.4, -0.2) is 48.5 Å². The van der Waals surface area contributed by atoms with E-state index in [2.05, 4.69) is 5.32 Å². The molecule has 0 spiro atoms. The van der Waals surface area contributed by atoms with E-state index in [0.29, 0.717) is 49.6 Å². The molecule has 3 amide bonds. The largest absolute Gasteiger partial charge is 0.450 e. The summed E-state index contributed by atoms with van der Waals surface area (Å²) in [5, 5.41) is 2.81. The van der Waals surface area contributed by atoms with Crippen molar-refractivity contribution in [3.05, 3.63) is 54.6 Å². The summed E-state index contributed by atoms with van der Waals surface area (Å²) in [4.78, 5) is 40.6. The number of hydrogen-bond acceptors (Lipinski definition) is 5. The number of carbonyl (C=O) groups excluding carboxylic acids is 3. The maximum Gasteiger partial charge on any atom is 0.409 e. The fourth-order valence-electron chi connectivity index (χ4n) is 3.35. The van der Waals surface area contributed by atoms with Gasteiger partial charge in [0.1, 0.15) is 0 Å². The maximum atomic E-state index is 13.1. The maximum absolute atomic E-state index is 13.1. The van der Waals surface area contributed by atoms with Gasteiger partial charge in [-0.3, -0.25) is 14.5 Å². The SMILES string of the molecule is CCOC(=O)N1CCC(NC(=O)C(=O)N(c2ccccc2)c2ccc(N)cc2)CC1. The summed E-state index contributed by atoms with van der Waals surface area (Å²) in [6.45, 7) is 3.02. The van der Waals surface area contributed by atoms with E-state index in [1.807, 2.05) is 6.07 Å². The van der Waals surface area contributed by atoms with Gasteiger partial charge in [0, 0.05) is 36.2 Å². The second-order valence-corrected chi connectivity index (χ2v) is 7.00. The Balaban J connectivity index is 1.69. The van der Waals surface area contributed by atoms with Crippen LogP contribution in [0.4, 0.5) is 21.9 Å². The van der Waals surface area contributed by atoms with E-state index in [0.717, 1.165) is 0 Å². The van der Waals surface area contributed by atoms with E-state index < -0.39 is 11.8 Å². The molecule has 0 unspecified atom stereocenters. The fraction of sp³-hybridized carbons (Fsp3) is 0.318. The fourth-order valence-corrected chi connectivity index (χ4v) is 3.35. The number of nitrogens with zero attached hydrogens (tertiary/aromatic N) is 2. The number of ether oxygens (including phenoxy) is 1. The first kappa shape index (κ1) is 21.2. The van der Waals surface area contributed by atoms with Gasteiger partial charge in [-0.05, 0) is 56.2 Å². The molecule has 3 rings (SSSR count). The van der Waals surface area contributed by atoms with Crippen molar-refractivity contribution >= 4 is 35.0 Å². The molecule has 0 aliphatic carbocycles. The Labute approximate surface area is 175 Å². The first-order valence-corrected chi connectivity index (χ1v) is 9.97. The quantitative estimate of drug-likeness (QED) is 0.596. The minimum atomic E-state index is -0.690. The molecular weight excluding hydrogens is 384 g/mol. The van der Waals surface area contributed by atoms with Crippen LogP contribution in [0.3, 0.4) is 0 Å². The lowest BCUT2D eigenvalue weighted by Crippen LogP contribution is -2.50. The van der Waals surface area contributed by atoms with Crippen LogP contribution in [-0.2, 0) is 14.3 Å². The molecule has 2 aromatic carbocycles. The molecule has 2 aromatic rings. The van der Waals surface area contributed by atoms with Crippen molar-refractivity contribution in [3.8, 4) is 0 Å². The highest BCUT2D eigenvalue weighted by atomic mass is 16.6. The molecule has 3 N–H and O–H groups in total. The second-order valence-electron chi connectivity index (χ2n) is 7.00. The second kappa shape index (κ2) is 9.78. The number of para-hydroxylation sites is 1. The zero-order chi connectivity index (χ0) is 21.5. The van der Waals surface area contributed by atoms with Gasteiger partial charge in [0.05, 0.1) is 6.61 Å². The molecule has 1 aliphatic heterocycles. The number of nitrogen functional groups attached to an aromatic ring is 1. The Morgan fingerprint density at radius 2 is 1.63 bits per heavy atom. The molecule has 0 saturated carbocycles. The number of hydrogen-bond donors (Lipinski definition) is 2. The van der Waals surface area contributed by atoms with Crippen LogP contribution >= 0.6 is 0 Å². The van der Waals surface area contributed by atoms with Crippen molar-refractivity contribution in [2.45, 2.75) is 25.8 Å². The standard InChI is InChI=1S/C22H26N4O4/c1-2-30-22(29)25-14-12-17(13-15-25)24-20(27)21(28)26(18-6-4-3-5-7-18)19-10-8-16(23)9-11-19/h3-11,17H,2,12-15,23H2,1H3,(H,24,27). The molecule has 8 heteroatoms. The Morgan fingerprint density at radius 3 is 2.23 bits per heavy atom. The van der Waals surface area contributed by atoms with Crippen molar-refractivity contribution < 1.29 is 19.1 Å². The highest BCUT2D eigenvalue weighted by Gasteiger charge is 2.29. The van der Waals surface area contributed by atoms with E-state index in [-0.39, 0.29) is 12.1 Å². The van der Waals surface area contributed by atoms with E-state index in [1.165, 1.54) is 4.90 Å². The Hall–Kier alpha value is -3.55. The lowest BCUT2D eigenvalue weighted by Gasteiger charge is -2.32. The zero-order valence-corrected chi connectivity index (χ0v) is 16.9. The predicted octanol–water partition coefficient (Wildman–Crippen LogP) is 2.67. The third-order valence-corrected chi connectivity index (χ3v) is 4.92. The van der Waals surface area contributed by atoms with E-state index in [4.69, 9.17) is 10.5 Å². The lowest BCUT2D eigenvalue weighted by molar-refractivity contribution is -0.137. The highest BCUT2D eigenvalue weighted by molar-refractivity contribution is 6.42. The molecule has 0 aromatic heterocycles. The van der Waals surface area contributed by atoms with Crippen molar-refractivity contribution in [2.24, 2.45) is 0 Å². The molecule has 0 radical (unpaired) electrons. The molecule has 8 nitrogen and oxygen atoms in total. The zero-order valence-electron chi connectivity index (χ0n) is 16.9. The summed E-state index contributed by atoms with van der Waals surface area (Å²) in [5.74, 6) is -1.37. The number of amides is 3. The summed E-state index contributed by atoms with van der Waals surface area (Å²) in [6.07, 6.45) is 0.771. The molecule has 1 saturated heterocycles. The van der Waals surface area contributed by atoms with Gasteiger partial charge in [-0.25, -0.2) is 4.79 Å². The monoisotopic (exact) mass is 410 g/mol. The number of likely N-dealkylation sites (tertiary alicyclic amines) is 1. The number of nitrogens with two attached hydrogens (primary N) is 1. The van der Waals surface area contributed by atoms with Crippen LogP contribution in [0.15, 0.2) is 54.6 Å². The number of rotatable bonds is 4. The van der Waals surface area contributed by atoms with Gasteiger partial charge < -0.3 is 20.7 Å². The number of carbonyl (C=O) groups is 3. The number of piperidine rings is 1. The van der Waals surface area contributed by atoms with Crippen LogP contribution in [0, 0.1) is 0 Å². The summed E-state index contributed by atoms with van der Waals surface area (Å²) in [6, 6.07) is 15.5. The topological polar surface area (TPSA) is 105 Å². The summed E-state index contributed by atoms with van der Waals surface area (Å²) < 4.78 is 5.00. The lowest BCUT2D eigenvalue weighted by atomic mass is 10.1. The van der Waals surface area contributed by atoms with Gasteiger partial charge in [0.25, 0.3) is 0 Å². The average molecular weight is 410 g/mol. The van der Waals surface area contributed by atoms with Gasteiger partial charge in [-0.15, -0.1) is 0 Å². The highest BCUT2D eigenvalue weighted by Crippen LogP contribution is 2.26. The molecule has 1 aliphatic rings. The Kier molecular flexibility index (Phi) is 6.90. The molecule has 30 heavy (non-hydrogen) atoms. The third kappa shape index (κ3) is 5.08. The van der Waals surface area contributed by atoms with Gasteiger partial charge in [0.2, 0.25) is 0 Å². The molecule has 0 atom stereocenters. The van der Waals surface area contributed by atoms with Crippen molar-refractivity contribution in [3.63, 3.8) is 0 Å². The Bertz CT molecular complexity index is 878. The summed E-state index contributed by atoms with van der Waals surface area (Å²) in [7, 11) is 0. The first-order chi connectivity index (χ1) is 14.5. The molecular formula is C22H26N4O4. The predicted molar refractivity (Wildman–Crippen MR) is 114 cm³/mol. The molecule has 1 fully saturated rings. The molecule has 0 bridgehead atoms. The molecule has 158 valence electrons. The normalized spacial score (nSPS) is 14.1. The van der Waals surface area contributed by atoms with Crippen LogP contribution in [0.2, 0.25) is 0 Å². The minimum absolute atomic E-state index is 0.184. The van der Waals surface area contributed by atoms with E-state index in [9.17, 15) is 14.4 Å². The Morgan fingerprint density at radius 1 is 1.03 bits per heavy atom. The number of nitrogens with one attached hydrogen (secondary N) is 1. The van der Waals surface area contributed by atoms with Gasteiger partial charge in [-0.1, -0.05) is 18.2 Å². The number of anilines is 3. The first-order valence-electron chi connectivity index (χ1n) is 9.97. The number of benzene rings is 2. The minimum Gasteiger partial charge on any atom is -0.450 e. The van der Waals surface area contributed by atoms with Crippen molar-refractivity contribution in [2.75, 3.05) is 30.3 Å². The third-order valence-electron chi connectivity index (χ3n) is 4.92. The average Bonchev–Trinajstić information content (AvgIpc) is 2.76. The summed E-state index contributed by atoms with van der Waals surface area (Å²) >= 11 is 0. The van der Waals surface area contributed by atoms with Crippen LogP contribution in [0.5, 0.6) is 0 Å². The molecule has 1 heterocycles. The van der Waals surface area contributed by atoms with Crippen LogP contribution in [0.1, 0.15) is 19.8 Å². The van der Waals surface area contributed by atoms with Gasteiger partial charge in [-0.2, -0.15) is 0 Å². The van der Waals surface area contributed by atoms with Gasteiger partial charge in [0.15, 0.2) is 0 Å². The van der Waals surface area contributed by atoms with Crippen molar-refractivity contribution in [1.82, 2.24) is 10.2 Å². The van der Waals surface area contributed by atoms with E-state index in [1.54, 1.807) is 60.4 Å². The van der Waals surface area contributed by atoms with Gasteiger partial charge >= 0.3 is 17.9 Å². The summed E-state index contributed by atoms with van der Waals surface area (Å²) in [5.41, 5.74) is 7.46. The van der Waals surface area contributed by atoms with Crippen LogP contribution in [0.25, 0.3) is 0 Å². The van der Waals surface area contributed by atoms with Crippen molar-refractivity contribution in [1.29, 1.82) is 0 Å². The smallest absolute Gasteiger partial charge is 0.409 e. The van der Waals surface area contributed by atoms with Crippen LogP contribution < -0.4 is 16.0 Å².